The molecule has 0 aliphatic carbocycles. The second-order valence-electron chi connectivity index (χ2n) is 8.43. The van der Waals surface area contributed by atoms with E-state index in [0.29, 0.717) is 11.3 Å². The number of halogens is 1. The van der Waals surface area contributed by atoms with Crippen LogP contribution in [0.1, 0.15) is 29.0 Å². The van der Waals surface area contributed by atoms with Gasteiger partial charge in [0.05, 0.1) is 41.7 Å². The van der Waals surface area contributed by atoms with Crippen LogP contribution in [0.15, 0.2) is 64.5 Å². The fourth-order valence-corrected chi connectivity index (χ4v) is 5.51. The number of hydrogen-bond acceptors (Lipinski definition) is 7. The van der Waals surface area contributed by atoms with Crippen molar-refractivity contribution in [1.29, 1.82) is 5.26 Å². The standard InChI is InChI=1S/C26H23FN4O4S/c1-13-7-8-17(9-14(13)2)30-24(33)22-21(15-5-4-6-16(27)10-15)18(12-28)23(29)31-25(34)19(36-26(22)31)11-20(32)35-3/h4-10,19,21H,11,29H2,1-3H3,(H,30,33)/t19-,21-/m1/s1. The lowest BCUT2D eigenvalue weighted by Gasteiger charge is -2.32. The molecule has 1 saturated heterocycles. The van der Waals surface area contributed by atoms with Crippen LogP contribution in [-0.2, 0) is 19.1 Å². The highest BCUT2D eigenvalue weighted by atomic mass is 32.2. The Kier molecular flexibility index (Phi) is 6.86. The number of esters is 1. The first-order valence-corrected chi connectivity index (χ1v) is 11.9. The summed E-state index contributed by atoms with van der Waals surface area (Å²) in [7, 11) is 1.21. The van der Waals surface area contributed by atoms with Crippen LogP contribution >= 0.6 is 11.8 Å². The van der Waals surface area contributed by atoms with Crippen LogP contribution in [0.3, 0.4) is 0 Å². The number of nitrogens with two attached hydrogens (primary N) is 1. The maximum atomic E-state index is 14.2. The number of carbonyl (C=O) groups excluding carboxylic acids is 3. The molecule has 0 bridgehead atoms. The van der Waals surface area contributed by atoms with Crippen LogP contribution in [0.4, 0.5) is 10.1 Å². The number of ether oxygens (including phenoxy) is 1. The van der Waals surface area contributed by atoms with Crippen molar-refractivity contribution in [3.8, 4) is 6.07 Å². The van der Waals surface area contributed by atoms with Gasteiger partial charge in [-0.05, 0) is 54.8 Å². The molecule has 2 amide bonds. The predicted molar refractivity (Wildman–Crippen MR) is 132 cm³/mol. The summed E-state index contributed by atoms with van der Waals surface area (Å²) < 4.78 is 18.9. The summed E-state index contributed by atoms with van der Waals surface area (Å²) >= 11 is 0.995. The number of methoxy groups -OCH3 is 1. The molecule has 2 aliphatic heterocycles. The number of amides is 2. The number of rotatable bonds is 5. The third-order valence-corrected chi connectivity index (χ3v) is 7.45. The first kappa shape index (κ1) is 25.0. The second kappa shape index (κ2) is 9.87. The molecular formula is C26H23FN4O4S. The fourth-order valence-electron chi connectivity index (χ4n) is 4.18. The molecule has 10 heteroatoms. The summed E-state index contributed by atoms with van der Waals surface area (Å²) in [5, 5.41) is 12.2. The summed E-state index contributed by atoms with van der Waals surface area (Å²) in [5.74, 6) is -3.46. The van der Waals surface area contributed by atoms with Crippen molar-refractivity contribution >= 4 is 35.2 Å². The van der Waals surface area contributed by atoms with Gasteiger partial charge in [-0.1, -0.05) is 30.0 Å². The molecule has 0 unspecified atom stereocenters. The van der Waals surface area contributed by atoms with Gasteiger partial charge in [0.25, 0.3) is 5.91 Å². The lowest BCUT2D eigenvalue weighted by molar-refractivity contribution is -0.142. The van der Waals surface area contributed by atoms with Crippen LogP contribution in [0, 0.1) is 31.0 Å². The van der Waals surface area contributed by atoms with E-state index in [1.165, 1.54) is 25.3 Å². The molecule has 0 aromatic heterocycles. The molecule has 2 heterocycles. The summed E-state index contributed by atoms with van der Waals surface area (Å²) in [6, 6.07) is 12.9. The number of nitrogens with one attached hydrogen (secondary N) is 1. The summed E-state index contributed by atoms with van der Waals surface area (Å²) in [5.41, 5.74) is 9.13. The maximum absolute atomic E-state index is 14.2. The summed E-state index contributed by atoms with van der Waals surface area (Å²) in [6.45, 7) is 3.85. The van der Waals surface area contributed by atoms with Gasteiger partial charge in [-0.25, -0.2) is 4.39 Å². The average molecular weight is 507 g/mol. The molecule has 2 atom stereocenters. The van der Waals surface area contributed by atoms with Gasteiger partial charge < -0.3 is 15.8 Å². The number of thioether (sulfide) groups is 1. The van der Waals surface area contributed by atoms with Gasteiger partial charge in [0.15, 0.2) is 0 Å². The summed E-state index contributed by atoms with van der Waals surface area (Å²) in [4.78, 5) is 40.0. The van der Waals surface area contributed by atoms with Crippen molar-refractivity contribution in [1.82, 2.24) is 4.90 Å². The van der Waals surface area contributed by atoms with Crippen molar-refractivity contribution < 1.29 is 23.5 Å². The van der Waals surface area contributed by atoms with Gasteiger partial charge in [0.2, 0.25) is 5.91 Å². The Morgan fingerprint density at radius 3 is 2.61 bits per heavy atom. The zero-order valence-electron chi connectivity index (χ0n) is 19.8. The fraction of sp³-hybridized carbons (Fsp3) is 0.231. The SMILES string of the molecule is COC(=O)C[C@H]1SC2=C(C(=O)Nc3ccc(C)c(C)c3)[C@H](c3cccc(F)c3)C(C#N)=C(N)N2C1=O. The third kappa shape index (κ3) is 4.45. The Morgan fingerprint density at radius 2 is 1.97 bits per heavy atom. The predicted octanol–water partition coefficient (Wildman–Crippen LogP) is 3.59. The number of nitriles is 1. The molecule has 2 aliphatic rings. The van der Waals surface area contributed by atoms with Gasteiger partial charge in [-0.2, -0.15) is 5.26 Å². The minimum Gasteiger partial charge on any atom is -0.469 e. The number of allylic oxidation sites excluding steroid dienone is 1. The largest absolute Gasteiger partial charge is 0.469 e. The van der Waals surface area contributed by atoms with Crippen LogP contribution in [-0.4, -0.2) is 35.0 Å². The molecular weight excluding hydrogens is 483 g/mol. The molecule has 2 aromatic rings. The van der Waals surface area contributed by atoms with Crippen molar-refractivity contribution in [2.75, 3.05) is 12.4 Å². The first-order chi connectivity index (χ1) is 17.2. The van der Waals surface area contributed by atoms with Gasteiger partial charge in [0.1, 0.15) is 16.9 Å². The number of benzene rings is 2. The van der Waals surface area contributed by atoms with E-state index >= 15 is 0 Å². The van der Waals surface area contributed by atoms with E-state index in [1.807, 2.05) is 26.0 Å². The van der Waals surface area contributed by atoms with Crippen LogP contribution < -0.4 is 11.1 Å². The zero-order chi connectivity index (χ0) is 26.1. The highest BCUT2D eigenvalue weighted by molar-refractivity contribution is 8.04. The number of anilines is 1. The molecule has 0 radical (unpaired) electrons. The first-order valence-electron chi connectivity index (χ1n) is 11.0. The molecule has 0 spiro atoms. The van der Waals surface area contributed by atoms with E-state index in [1.54, 1.807) is 18.2 Å². The Balaban J connectivity index is 1.88. The monoisotopic (exact) mass is 506 g/mol. The van der Waals surface area contributed by atoms with Crippen molar-refractivity contribution in [2.45, 2.75) is 31.4 Å². The van der Waals surface area contributed by atoms with Gasteiger partial charge >= 0.3 is 5.97 Å². The van der Waals surface area contributed by atoms with Gasteiger partial charge in [-0.15, -0.1) is 0 Å². The Bertz CT molecular complexity index is 1390. The number of aryl methyl sites for hydroxylation is 2. The van der Waals surface area contributed by atoms with E-state index in [9.17, 15) is 24.0 Å². The highest BCUT2D eigenvalue weighted by Gasteiger charge is 2.48. The molecule has 8 nitrogen and oxygen atoms in total. The smallest absolute Gasteiger partial charge is 0.307 e. The number of fused-ring (bicyclic) bond motifs is 1. The minimum atomic E-state index is -1.03. The highest BCUT2D eigenvalue weighted by Crippen LogP contribution is 2.50. The van der Waals surface area contributed by atoms with Crippen molar-refractivity contribution in [3.63, 3.8) is 0 Å². The Morgan fingerprint density at radius 1 is 1.22 bits per heavy atom. The van der Waals surface area contributed by atoms with Gasteiger partial charge in [0, 0.05) is 5.69 Å². The minimum absolute atomic E-state index is 0.0651. The molecule has 1 fully saturated rings. The van der Waals surface area contributed by atoms with Crippen LogP contribution in [0.2, 0.25) is 0 Å². The van der Waals surface area contributed by atoms with Crippen LogP contribution in [0.5, 0.6) is 0 Å². The Labute approximate surface area is 211 Å². The topological polar surface area (TPSA) is 126 Å². The number of hydrogen-bond donors (Lipinski definition) is 2. The van der Waals surface area contributed by atoms with Crippen molar-refractivity contribution in [3.05, 3.63) is 87.0 Å². The van der Waals surface area contributed by atoms with E-state index in [4.69, 9.17) is 10.5 Å². The molecule has 184 valence electrons. The summed E-state index contributed by atoms with van der Waals surface area (Å²) in [6.07, 6.45) is -0.244. The maximum Gasteiger partial charge on any atom is 0.307 e. The van der Waals surface area contributed by atoms with Crippen molar-refractivity contribution in [2.24, 2.45) is 5.73 Å². The number of nitrogens with zero attached hydrogens (tertiary/aromatic N) is 2. The molecule has 2 aromatic carbocycles. The molecule has 36 heavy (non-hydrogen) atoms. The second-order valence-corrected chi connectivity index (χ2v) is 9.62. The lowest BCUT2D eigenvalue weighted by atomic mass is 9.82. The quantitative estimate of drug-likeness (QED) is 0.594. The van der Waals surface area contributed by atoms with Crippen LogP contribution in [0.25, 0.3) is 0 Å². The van der Waals surface area contributed by atoms with E-state index < -0.39 is 34.8 Å². The van der Waals surface area contributed by atoms with E-state index in [0.717, 1.165) is 27.8 Å². The van der Waals surface area contributed by atoms with E-state index in [2.05, 4.69) is 5.32 Å². The lowest BCUT2D eigenvalue weighted by Crippen LogP contribution is -2.39. The molecule has 4 rings (SSSR count). The third-order valence-electron chi connectivity index (χ3n) is 6.17. The molecule has 3 N–H and O–H groups in total. The number of carbonyl (C=O) groups is 3. The average Bonchev–Trinajstić information content (AvgIpc) is 3.16. The normalized spacial score (nSPS) is 19.2. The zero-order valence-corrected chi connectivity index (χ0v) is 20.6. The molecule has 0 saturated carbocycles. The van der Waals surface area contributed by atoms with Gasteiger partial charge in [-0.3, -0.25) is 19.3 Å². The van der Waals surface area contributed by atoms with E-state index in [-0.39, 0.29) is 28.4 Å². The Hall–Kier alpha value is -4.10.